The second-order valence-electron chi connectivity index (χ2n) is 12.3. The van der Waals surface area contributed by atoms with E-state index in [-0.39, 0.29) is 35.5 Å². The van der Waals surface area contributed by atoms with Gasteiger partial charge in [0.1, 0.15) is 4.88 Å². The van der Waals surface area contributed by atoms with Crippen molar-refractivity contribution in [2.45, 2.75) is 109 Å². The number of carbonyl (C=O) groups is 2. The zero-order valence-corrected chi connectivity index (χ0v) is 24.3. The van der Waals surface area contributed by atoms with Crippen LogP contribution in [0, 0.1) is 23.2 Å². The molecule has 0 saturated heterocycles. The first kappa shape index (κ1) is 29.8. The number of carbonyl (C=O) groups excluding carboxylic acids is 1. The minimum atomic E-state index is -1.08. The van der Waals surface area contributed by atoms with Crippen molar-refractivity contribution in [1.29, 1.82) is 0 Å². The second-order valence-corrected chi connectivity index (χ2v) is 13.4. The number of carboxylic acid groups (broad SMARTS) is 1. The number of hydrogen-bond acceptors (Lipinski definition) is 6. The van der Waals surface area contributed by atoms with Gasteiger partial charge in [0.15, 0.2) is 0 Å². The lowest BCUT2D eigenvalue weighted by atomic mass is 9.81. The highest BCUT2D eigenvalue weighted by Crippen LogP contribution is 2.40. The Kier molecular flexibility index (Phi) is 9.59. The van der Waals surface area contributed by atoms with E-state index in [0.717, 1.165) is 37.0 Å². The van der Waals surface area contributed by atoms with E-state index in [0.29, 0.717) is 49.3 Å². The van der Waals surface area contributed by atoms with E-state index >= 15 is 0 Å². The average Bonchev–Trinajstić information content (AvgIpc) is 3.59. The summed E-state index contributed by atoms with van der Waals surface area (Å²) < 4.78 is 6.05. The molecule has 0 aromatic carbocycles. The maximum Gasteiger partial charge on any atom is 0.348 e. The number of allylic oxidation sites excluding steroid dienone is 2. The molecule has 0 unspecified atom stereocenters. The van der Waals surface area contributed by atoms with Crippen LogP contribution in [0.3, 0.4) is 0 Å². The van der Waals surface area contributed by atoms with E-state index in [4.69, 9.17) is 4.74 Å². The van der Waals surface area contributed by atoms with Crippen molar-refractivity contribution >= 4 is 28.9 Å². The number of rotatable bonds is 8. The highest BCUT2D eigenvalue weighted by Gasteiger charge is 2.41. The normalized spacial score (nSPS) is 26.0. The van der Waals surface area contributed by atoms with Gasteiger partial charge in [-0.25, -0.2) is 4.79 Å². The Balaban J connectivity index is 1.60. The lowest BCUT2D eigenvalue weighted by Crippen LogP contribution is -2.50. The van der Waals surface area contributed by atoms with Crippen LogP contribution < -0.4 is 4.90 Å². The van der Waals surface area contributed by atoms with Gasteiger partial charge in [0.05, 0.1) is 35.5 Å². The van der Waals surface area contributed by atoms with E-state index in [1.807, 2.05) is 13.8 Å². The summed E-state index contributed by atoms with van der Waals surface area (Å²) in [6.07, 6.45) is 11.2. The van der Waals surface area contributed by atoms with Crippen molar-refractivity contribution in [1.82, 2.24) is 0 Å². The summed E-state index contributed by atoms with van der Waals surface area (Å²) in [5, 5.41) is 30.9. The van der Waals surface area contributed by atoms with E-state index in [9.17, 15) is 24.9 Å². The van der Waals surface area contributed by atoms with E-state index in [1.54, 1.807) is 11.0 Å². The SMILES string of the molecule is CC1=CC[C@H](C(=O)N(c2cc(C#CC(C)(C)CO)sc2C(=O)O)[C@H]2CC[C@](O)(COC3CCCC3)CC2)CC1. The molecule has 0 aliphatic heterocycles. The first-order chi connectivity index (χ1) is 18.5. The quantitative estimate of drug-likeness (QED) is 0.287. The number of aliphatic hydroxyl groups is 2. The van der Waals surface area contributed by atoms with Crippen molar-refractivity contribution in [2.75, 3.05) is 18.1 Å². The molecule has 0 radical (unpaired) electrons. The monoisotopic (exact) mass is 557 g/mol. The van der Waals surface area contributed by atoms with Gasteiger partial charge in [0, 0.05) is 17.4 Å². The standard InChI is InChI=1S/C31H43NO6S/c1-21-8-10-22(11-9-21)28(34)32(23-12-16-31(37,17-13-23)20-38-24-6-4-5-7-24)26-18-25(39-27(26)29(35)36)14-15-30(2,3)19-33/h8,18,22-24,33,37H,4-7,9-13,16-17,19-20H2,1-3H3,(H,35,36)/t22-,23-,31+/m0/s1. The molecular formula is C31H43NO6S. The minimum Gasteiger partial charge on any atom is -0.477 e. The van der Waals surface area contributed by atoms with E-state index in [1.165, 1.54) is 18.4 Å². The Labute approximate surface area is 236 Å². The van der Waals surface area contributed by atoms with Crippen molar-refractivity contribution in [3.63, 3.8) is 0 Å². The van der Waals surface area contributed by atoms with Crippen LogP contribution in [0.25, 0.3) is 0 Å². The summed E-state index contributed by atoms with van der Waals surface area (Å²) in [6, 6.07) is 1.51. The third-order valence-corrected chi connectivity index (χ3v) is 9.48. The number of nitrogens with zero attached hydrogens (tertiary/aromatic N) is 1. The predicted octanol–water partition coefficient (Wildman–Crippen LogP) is 5.53. The molecular weight excluding hydrogens is 514 g/mol. The van der Waals surface area contributed by atoms with Crippen molar-refractivity contribution in [3.8, 4) is 11.8 Å². The molecule has 1 amide bonds. The van der Waals surface area contributed by atoms with Gasteiger partial charge in [-0.15, -0.1) is 11.3 Å². The molecule has 3 aliphatic carbocycles. The first-order valence-electron chi connectivity index (χ1n) is 14.3. The topological polar surface area (TPSA) is 107 Å². The molecule has 4 rings (SSSR count). The van der Waals surface area contributed by atoms with Crippen LogP contribution >= 0.6 is 11.3 Å². The Morgan fingerprint density at radius 3 is 2.46 bits per heavy atom. The lowest BCUT2D eigenvalue weighted by molar-refractivity contribution is -0.124. The minimum absolute atomic E-state index is 0.0492. The Morgan fingerprint density at radius 2 is 1.87 bits per heavy atom. The van der Waals surface area contributed by atoms with E-state index < -0.39 is 17.0 Å². The summed E-state index contributed by atoms with van der Waals surface area (Å²) in [6.45, 7) is 5.92. The number of ether oxygens (including phenoxy) is 1. The molecule has 2 fully saturated rings. The van der Waals surface area contributed by atoms with Crippen molar-refractivity contribution < 1.29 is 29.6 Å². The number of hydrogen-bond donors (Lipinski definition) is 3. The zero-order chi connectivity index (χ0) is 28.2. The van der Waals surface area contributed by atoms with Crippen LogP contribution in [-0.2, 0) is 9.53 Å². The van der Waals surface area contributed by atoms with Gasteiger partial charge in [-0.05, 0) is 84.6 Å². The fourth-order valence-corrected chi connectivity index (χ4v) is 6.64. The predicted molar refractivity (Wildman–Crippen MR) is 153 cm³/mol. The van der Waals surface area contributed by atoms with Crippen LogP contribution in [0.15, 0.2) is 17.7 Å². The average molecular weight is 558 g/mol. The molecule has 39 heavy (non-hydrogen) atoms. The highest BCUT2D eigenvalue weighted by molar-refractivity contribution is 7.15. The molecule has 7 nitrogen and oxygen atoms in total. The number of aliphatic hydroxyl groups excluding tert-OH is 1. The third-order valence-electron chi connectivity index (χ3n) is 8.45. The smallest absolute Gasteiger partial charge is 0.348 e. The van der Waals surface area contributed by atoms with Gasteiger partial charge in [-0.1, -0.05) is 36.3 Å². The number of carboxylic acids is 1. The molecule has 1 aromatic rings. The molecule has 3 aliphatic rings. The molecule has 214 valence electrons. The van der Waals surface area contributed by atoms with Gasteiger partial charge in [0.2, 0.25) is 5.91 Å². The van der Waals surface area contributed by atoms with Crippen molar-refractivity contribution in [2.24, 2.45) is 11.3 Å². The molecule has 8 heteroatoms. The fraction of sp³-hybridized carbons (Fsp3) is 0.677. The molecule has 1 aromatic heterocycles. The van der Waals surface area contributed by atoms with Gasteiger partial charge in [0.25, 0.3) is 0 Å². The van der Waals surface area contributed by atoms with E-state index in [2.05, 4.69) is 24.8 Å². The first-order valence-corrected chi connectivity index (χ1v) is 15.2. The zero-order valence-electron chi connectivity index (χ0n) is 23.5. The van der Waals surface area contributed by atoms with Crippen LogP contribution in [0.2, 0.25) is 0 Å². The maximum atomic E-state index is 14.1. The summed E-state index contributed by atoms with van der Waals surface area (Å²) in [4.78, 5) is 28.8. The van der Waals surface area contributed by atoms with Gasteiger partial charge >= 0.3 is 5.97 Å². The third kappa shape index (κ3) is 7.52. The van der Waals surface area contributed by atoms with Crippen LogP contribution in [-0.4, -0.2) is 58.2 Å². The van der Waals surface area contributed by atoms with Gasteiger partial charge in [-0.2, -0.15) is 0 Å². The molecule has 1 atom stereocenters. The molecule has 3 N–H and O–H groups in total. The van der Waals surface area contributed by atoms with Gasteiger partial charge in [-0.3, -0.25) is 4.79 Å². The maximum absolute atomic E-state index is 14.1. The highest BCUT2D eigenvalue weighted by atomic mass is 32.1. The number of amides is 1. The molecule has 0 bridgehead atoms. The molecule has 2 saturated carbocycles. The Hall–Kier alpha value is -2.18. The number of thiophene rings is 1. The van der Waals surface area contributed by atoms with Crippen molar-refractivity contribution in [3.05, 3.63) is 27.5 Å². The Morgan fingerprint density at radius 1 is 1.18 bits per heavy atom. The number of aromatic carboxylic acids is 1. The second kappa shape index (κ2) is 12.6. The summed E-state index contributed by atoms with van der Waals surface area (Å²) in [5.74, 6) is 4.72. The Bertz CT molecular complexity index is 1130. The summed E-state index contributed by atoms with van der Waals surface area (Å²) in [5.41, 5.74) is 0.132. The lowest BCUT2D eigenvalue weighted by Gasteiger charge is -2.42. The van der Waals surface area contributed by atoms with Crippen LogP contribution in [0.1, 0.15) is 106 Å². The summed E-state index contributed by atoms with van der Waals surface area (Å²) in [7, 11) is 0. The number of anilines is 1. The molecule has 1 heterocycles. The molecule has 0 spiro atoms. The largest absolute Gasteiger partial charge is 0.477 e. The van der Waals surface area contributed by atoms with Crippen LogP contribution in [0.4, 0.5) is 5.69 Å². The van der Waals surface area contributed by atoms with Gasteiger partial charge < -0.3 is 25.0 Å². The van der Waals surface area contributed by atoms with Crippen LogP contribution in [0.5, 0.6) is 0 Å². The fourth-order valence-electron chi connectivity index (χ4n) is 5.80. The summed E-state index contributed by atoms with van der Waals surface area (Å²) >= 11 is 1.07.